The highest BCUT2D eigenvalue weighted by molar-refractivity contribution is 6.30. The Morgan fingerprint density at radius 1 is 0.970 bits per heavy atom. The standard InChI is InChI=1S/C27H26ClNO4/c1-31-22-10-7-18(8-11-22)9-12-24-23-17-26(33-3)25(32-2)16-19(23)13-14-29(24)27(30)20-5-4-6-21(28)15-20/h4-12,15-17,24H,13-14H2,1-3H3/b12-9+. The Balaban J connectivity index is 1.76. The molecule has 33 heavy (non-hydrogen) atoms. The third-order valence-electron chi connectivity index (χ3n) is 5.84. The molecule has 1 atom stereocenters. The van der Waals surface area contributed by atoms with Crippen LogP contribution in [0.4, 0.5) is 0 Å². The lowest BCUT2D eigenvalue weighted by atomic mass is 9.90. The molecule has 0 bridgehead atoms. The van der Waals surface area contributed by atoms with E-state index in [4.69, 9.17) is 25.8 Å². The maximum atomic E-state index is 13.5. The number of fused-ring (bicyclic) bond motifs is 1. The fourth-order valence-electron chi connectivity index (χ4n) is 4.12. The van der Waals surface area contributed by atoms with Gasteiger partial charge in [-0.3, -0.25) is 4.79 Å². The first-order valence-corrected chi connectivity index (χ1v) is 11.1. The summed E-state index contributed by atoms with van der Waals surface area (Å²) in [5, 5.41) is 0.537. The number of carbonyl (C=O) groups excluding carboxylic acids is 1. The highest BCUT2D eigenvalue weighted by Gasteiger charge is 2.31. The minimum Gasteiger partial charge on any atom is -0.497 e. The average Bonchev–Trinajstić information content (AvgIpc) is 2.86. The molecule has 1 unspecified atom stereocenters. The van der Waals surface area contributed by atoms with Crippen molar-refractivity contribution in [1.82, 2.24) is 4.90 Å². The minimum atomic E-state index is -0.276. The molecule has 170 valence electrons. The summed E-state index contributed by atoms with van der Waals surface area (Å²) >= 11 is 6.16. The molecule has 3 aromatic rings. The lowest BCUT2D eigenvalue weighted by Crippen LogP contribution is -2.39. The third-order valence-corrected chi connectivity index (χ3v) is 6.08. The first-order chi connectivity index (χ1) is 16.0. The van der Waals surface area contributed by atoms with Crippen LogP contribution in [-0.2, 0) is 6.42 Å². The number of carbonyl (C=O) groups is 1. The summed E-state index contributed by atoms with van der Waals surface area (Å²) < 4.78 is 16.3. The molecule has 0 spiro atoms. The molecule has 0 fully saturated rings. The van der Waals surface area contributed by atoms with E-state index in [1.165, 1.54) is 0 Å². The van der Waals surface area contributed by atoms with Gasteiger partial charge in [-0.2, -0.15) is 0 Å². The molecule has 0 saturated heterocycles. The van der Waals surface area contributed by atoms with Crippen molar-refractivity contribution < 1.29 is 19.0 Å². The molecular formula is C27H26ClNO4. The fourth-order valence-corrected chi connectivity index (χ4v) is 4.31. The molecule has 0 aliphatic carbocycles. The van der Waals surface area contributed by atoms with E-state index >= 15 is 0 Å². The smallest absolute Gasteiger partial charge is 0.254 e. The van der Waals surface area contributed by atoms with Gasteiger partial charge in [0.25, 0.3) is 5.91 Å². The Bertz CT molecular complexity index is 1170. The van der Waals surface area contributed by atoms with Crippen molar-refractivity contribution in [3.05, 3.63) is 94.0 Å². The molecule has 1 amide bonds. The molecule has 3 aromatic carbocycles. The summed E-state index contributed by atoms with van der Waals surface area (Å²) in [6.45, 7) is 0.575. The van der Waals surface area contributed by atoms with Gasteiger partial charge in [-0.1, -0.05) is 42.0 Å². The maximum absolute atomic E-state index is 13.5. The van der Waals surface area contributed by atoms with Crippen molar-refractivity contribution in [3.63, 3.8) is 0 Å². The highest BCUT2D eigenvalue weighted by atomic mass is 35.5. The van der Waals surface area contributed by atoms with E-state index in [0.29, 0.717) is 28.6 Å². The first-order valence-electron chi connectivity index (χ1n) is 10.7. The van der Waals surface area contributed by atoms with Crippen molar-refractivity contribution in [3.8, 4) is 17.2 Å². The van der Waals surface area contributed by atoms with Gasteiger partial charge in [-0.25, -0.2) is 0 Å². The van der Waals surface area contributed by atoms with E-state index in [1.807, 2.05) is 53.5 Å². The van der Waals surface area contributed by atoms with Crippen LogP contribution in [0.15, 0.2) is 66.7 Å². The molecule has 0 saturated carbocycles. The predicted octanol–water partition coefficient (Wildman–Crippen LogP) is 5.82. The predicted molar refractivity (Wildman–Crippen MR) is 131 cm³/mol. The van der Waals surface area contributed by atoms with Crippen LogP contribution in [0.3, 0.4) is 0 Å². The number of methoxy groups -OCH3 is 3. The highest BCUT2D eigenvalue weighted by Crippen LogP contribution is 2.39. The normalized spacial score (nSPS) is 15.3. The minimum absolute atomic E-state index is 0.0673. The Morgan fingerprint density at radius 2 is 1.70 bits per heavy atom. The number of hydrogen-bond donors (Lipinski definition) is 0. The Morgan fingerprint density at radius 3 is 2.36 bits per heavy atom. The van der Waals surface area contributed by atoms with Gasteiger partial charge in [0.05, 0.1) is 27.4 Å². The van der Waals surface area contributed by atoms with E-state index < -0.39 is 0 Å². The number of rotatable bonds is 6. The van der Waals surface area contributed by atoms with Gasteiger partial charge in [0.15, 0.2) is 11.5 Å². The fraction of sp³-hybridized carbons (Fsp3) is 0.222. The van der Waals surface area contributed by atoms with Crippen LogP contribution in [0.25, 0.3) is 6.08 Å². The molecule has 0 aromatic heterocycles. The van der Waals surface area contributed by atoms with Gasteiger partial charge >= 0.3 is 0 Å². The SMILES string of the molecule is COc1ccc(/C=C/C2c3cc(OC)c(OC)cc3CCN2C(=O)c2cccc(Cl)c2)cc1. The molecule has 1 heterocycles. The van der Waals surface area contributed by atoms with Crippen LogP contribution >= 0.6 is 11.6 Å². The zero-order valence-corrected chi connectivity index (χ0v) is 19.6. The van der Waals surface area contributed by atoms with Crippen LogP contribution in [-0.4, -0.2) is 38.7 Å². The van der Waals surface area contributed by atoms with Gasteiger partial charge in [-0.15, -0.1) is 0 Å². The van der Waals surface area contributed by atoms with Crippen molar-refractivity contribution in [1.29, 1.82) is 0 Å². The van der Waals surface area contributed by atoms with E-state index in [9.17, 15) is 4.79 Å². The number of nitrogens with zero attached hydrogens (tertiary/aromatic N) is 1. The lowest BCUT2D eigenvalue weighted by Gasteiger charge is -2.36. The molecule has 0 radical (unpaired) electrons. The van der Waals surface area contributed by atoms with Crippen LogP contribution in [0.5, 0.6) is 17.2 Å². The van der Waals surface area contributed by atoms with Crippen molar-refractivity contribution in [2.75, 3.05) is 27.9 Å². The van der Waals surface area contributed by atoms with Gasteiger partial charge < -0.3 is 19.1 Å². The van der Waals surface area contributed by atoms with Crippen molar-refractivity contribution in [2.24, 2.45) is 0 Å². The molecular weight excluding hydrogens is 438 g/mol. The largest absolute Gasteiger partial charge is 0.497 e. The van der Waals surface area contributed by atoms with E-state index in [0.717, 1.165) is 28.9 Å². The summed E-state index contributed by atoms with van der Waals surface area (Å²) in [4.78, 5) is 15.4. The van der Waals surface area contributed by atoms with Gasteiger partial charge in [-0.05, 0) is 65.6 Å². The second-order valence-corrected chi connectivity index (χ2v) is 8.18. The van der Waals surface area contributed by atoms with Crippen LogP contribution in [0.2, 0.25) is 5.02 Å². The molecule has 0 N–H and O–H groups in total. The molecule has 4 rings (SSSR count). The van der Waals surface area contributed by atoms with E-state index in [1.54, 1.807) is 45.6 Å². The Kier molecular flexibility index (Phi) is 6.90. The van der Waals surface area contributed by atoms with Gasteiger partial charge in [0, 0.05) is 17.1 Å². The van der Waals surface area contributed by atoms with Crippen LogP contribution < -0.4 is 14.2 Å². The maximum Gasteiger partial charge on any atom is 0.254 e. The topological polar surface area (TPSA) is 48.0 Å². The molecule has 6 heteroatoms. The van der Waals surface area contributed by atoms with Crippen LogP contribution in [0.1, 0.15) is 33.1 Å². The second kappa shape index (κ2) is 10.0. The number of benzene rings is 3. The van der Waals surface area contributed by atoms with Gasteiger partial charge in [0.1, 0.15) is 5.75 Å². The Hall–Kier alpha value is -3.44. The summed E-state index contributed by atoms with van der Waals surface area (Å²) in [5.74, 6) is 2.05. The van der Waals surface area contributed by atoms with Crippen molar-refractivity contribution in [2.45, 2.75) is 12.5 Å². The first kappa shape index (κ1) is 22.7. The number of amides is 1. The molecule has 1 aliphatic heterocycles. The summed E-state index contributed by atoms with van der Waals surface area (Å²) in [6, 6.07) is 18.6. The average molecular weight is 464 g/mol. The van der Waals surface area contributed by atoms with Crippen molar-refractivity contribution >= 4 is 23.6 Å². The summed E-state index contributed by atoms with van der Waals surface area (Å²) in [7, 11) is 4.89. The second-order valence-electron chi connectivity index (χ2n) is 7.74. The molecule has 5 nitrogen and oxygen atoms in total. The zero-order valence-electron chi connectivity index (χ0n) is 18.9. The van der Waals surface area contributed by atoms with E-state index in [-0.39, 0.29) is 11.9 Å². The molecule has 1 aliphatic rings. The quantitative estimate of drug-likeness (QED) is 0.462. The summed E-state index contributed by atoms with van der Waals surface area (Å²) in [6.07, 6.45) is 4.79. The monoisotopic (exact) mass is 463 g/mol. The Labute approximate surface area is 199 Å². The van der Waals surface area contributed by atoms with E-state index in [2.05, 4.69) is 0 Å². The third kappa shape index (κ3) is 4.83. The summed E-state index contributed by atoms with van der Waals surface area (Å²) in [5.41, 5.74) is 3.72. The lowest BCUT2D eigenvalue weighted by molar-refractivity contribution is 0.0700. The zero-order chi connectivity index (χ0) is 23.4. The van der Waals surface area contributed by atoms with Crippen LogP contribution in [0, 0.1) is 0 Å². The van der Waals surface area contributed by atoms with Gasteiger partial charge in [0.2, 0.25) is 0 Å². The number of halogens is 1. The number of hydrogen-bond acceptors (Lipinski definition) is 4. The number of ether oxygens (including phenoxy) is 3.